The summed E-state index contributed by atoms with van der Waals surface area (Å²) in [6.07, 6.45) is 3.34. The summed E-state index contributed by atoms with van der Waals surface area (Å²) in [5.41, 5.74) is 1.72. The molecule has 1 N–H and O–H groups in total. The van der Waals surface area contributed by atoms with E-state index in [9.17, 15) is 4.79 Å². The Morgan fingerprint density at radius 2 is 2.41 bits per heavy atom. The largest absolute Gasteiger partial charge is 0.475 e. The van der Waals surface area contributed by atoms with E-state index >= 15 is 0 Å². The van der Waals surface area contributed by atoms with Gasteiger partial charge in [0.1, 0.15) is 5.76 Å². The van der Waals surface area contributed by atoms with Gasteiger partial charge in [0.2, 0.25) is 5.76 Å². The molecule has 0 amide bonds. The first kappa shape index (κ1) is 10.6. The van der Waals surface area contributed by atoms with E-state index < -0.39 is 5.97 Å². The lowest BCUT2D eigenvalue weighted by Crippen LogP contribution is -2.00. The average molecular weight is 297 g/mol. The molecule has 3 heterocycles. The Bertz CT molecular complexity index is 600. The zero-order valence-corrected chi connectivity index (χ0v) is 10.4. The van der Waals surface area contributed by atoms with Crippen LogP contribution in [0.2, 0.25) is 0 Å². The van der Waals surface area contributed by atoms with Gasteiger partial charge in [-0.05, 0) is 22.4 Å². The predicted octanol–water partition coefficient (Wildman–Crippen LogP) is 2.55. The van der Waals surface area contributed by atoms with Crippen LogP contribution >= 0.6 is 15.9 Å². The molecule has 0 atom stereocenters. The van der Waals surface area contributed by atoms with Crippen LogP contribution in [-0.4, -0.2) is 20.9 Å². The molecule has 0 aromatic carbocycles. The van der Waals surface area contributed by atoms with Crippen LogP contribution in [0, 0.1) is 0 Å². The van der Waals surface area contributed by atoms with E-state index in [1.807, 2.05) is 4.68 Å². The van der Waals surface area contributed by atoms with Crippen LogP contribution in [0.25, 0.3) is 11.3 Å². The van der Waals surface area contributed by atoms with Gasteiger partial charge in [-0.1, -0.05) is 0 Å². The minimum atomic E-state index is -1.04. The van der Waals surface area contributed by atoms with Crippen molar-refractivity contribution in [3.8, 4) is 11.3 Å². The monoisotopic (exact) mass is 296 g/mol. The molecule has 0 fully saturated rings. The van der Waals surface area contributed by atoms with E-state index in [0.29, 0.717) is 0 Å². The lowest BCUT2D eigenvalue weighted by Gasteiger charge is -2.01. The van der Waals surface area contributed by atoms with Crippen molar-refractivity contribution in [2.24, 2.45) is 0 Å². The predicted molar refractivity (Wildman–Crippen MR) is 62.9 cm³/mol. The first-order valence-electron chi connectivity index (χ1n) is 5.24. The average Bonchev–Trinajstić information content (AvgIpc) is 2.80. The molecule has 2 aromatic heterocycles. The highest BCUT2D eigenvalue weighted by Crippen LogP contribution is 2.35. The summed E-state index contributed by atoms with van der Waals surface area (Å²) in [5, 5.41) is 13.2. The minimum absolute atomic E-state index is 0.0171. The van der Waals surface area contributed by atoms with E-state index in [1.54, 1.807) is 12.3 Å². The molecule has 0 spiro atoms. The van der Waals surface area contributed by atoms with Crippen molar-refractivity contribution in [2.45, 2.75) is 19.4 Å². The second-order valence-electron chi connectivity index (χ2n) is 3.92. The molecule has 0 saturated carbocycles. The maximum Gasteiger partial charge on any atom is 0.371 e. The van der Waals surface area contributed by atoms with Crippen LogP contribution in [-0.2, 0) is 13.0 Å². The summed E-state index contributed by atoms with van der Waals surface area (Å²) < 4.78 is 8.10. The highest BCUT2D eigenvalue weighted by atomic mass is 79.9. The number of nitrogens with zero attached hydrogens (tertiary/aromatic N) is 2. The number of halogens is 1. The van der Waals surface area contributed by atoms with E-state index in [0.717, 1.165) is 40.9 Å². The summed E-state index contributed by atoms with van der Waals surface area (Å²) in [4.78, 5) is 10.9. The fourth-order valence-electron chi connectivity index (χ4n) is 2.11. The number of carboxylic acids is 1. The third-order valence-corrected chi connectivity index (χ3v) is 3.42. The SMILES string of the molecule is O=C(O)c1cc2c(o1)CCCn1ncc(Br)c1-2. The number of furan rings is 1. The second-order valence-corrected chi connectivity index (χ2v) is 4.77. The van der Waals surface area contributed by atoms with Crippen LogP contribution in [0.1, 0.15) is 22.7 Å². The quantitative estimate of drug-likeness (QED) is 0.878. The summed E-state index contributed by atoms with van der Waals surface area (Å²) in [5.74, 6) is -0.334. The van der Waals surface area contributed by atoms with Crippen molar-refractivity contribution in [1.29, 1.82) is 0 Å². The molecule has 0 aliphatic carbocycles. The number of aromatic nitrogens is 2. The van der Waals surface area contributed by atoms with Gasteiger partial charge in [-0.2, -0.15) is 5.10 Å². The zero-order valence-electron chi connectivity index (χ0n) is 8.81. The standard InChI is InChI=1S/C11H9BrN2O3/c12-7-5-13-14-3-1-2-8-6(10(7)14)4-9(17-8)11(15)16/h4-5H,1-3H2,(H,15,16). The normalized spacial score (nSPS) is 13.9. The maximum absolute atomic E-state index is 10.9. The van der Waals surface area contributed by atoms with Gasteiger partial charge in [-0.3, -0.25) is 4.68 Å². The second kappa shape index (κ2) is 3.73. The van der Waals surface area contributed by atoms with Crippen LogP contribution in [0.15, 0.2) is 21.2 Å². The van der Waals surface area contributed by atoms with Crippen LogP contribution in [0.3, 0.4) is 0 Å². The minimum Gasteiger partial charge on any atom is -0.475 e. The van der Waals surface area contributed by atoms with Crippen LogP contribution in [0.4, 0.5) is 0 Å². The third-order valence-electron chi connectivity index (χ3n) is 2.84. The highest BCUT2D eigenvalue weighted by molar-refractivity contribution is 9.10. The summed E-state index contributed by atoms with van der Waals surface area (Å²) in [6.45, 7) is 0.813. The van der Waals surface area contributed by atoms with Gasteiger partial charge in [-0.25, -0.2) is 4.79 Å². The van der Waals surface area contributed by atoms with Gasteiger partial charge in [0.05, 0.1) is 16.4 Å². The smallest absolute Gasteiger partial charge is 0.371 e. The van der Waals surface area contributed by atoms with Crippen molar-refractivity contribution in [3.05, 3.63) is 28.3 Å². The van der Waals surface area contributed by atoms with Crippen molar-refractivity contribution < 1.29 is 14.3 Å². The number of carbonyl (C=O) groups is 1. The molecule has 88 valence electrons. The van der Waals surface area contributed by atoms with Crippen LogP contribution in [0.5, 0.6) is 0 Å². The van der Waals surface area contributed by atoms with Gasteiger partial charge < -0.3 is 9.52 Å². The molecule has 17 heavy (non-hydrogen) atoms. The first-order valence-corrected chi connectivity index (χ1v) is 6.04. The molecule has 3 rings (SSSR count). The van der Waals surface area contributed by atoms with E-state index in [4.69, 9.17) is 9.52 Å². The number of hydrogen-bond donors (Lipinski definition) is 1. The Morgan fingerprint density at radius 3 is 3.18 bits per heavy atom. The number of rotatable bonds is 1. The van der Waals surface area contributed by atoms with Crippen molar-refractivity contribution in [2.75, 3.05) is 0 Å². The molecule has 1 aliphatic heterocycles. The number of fused-ring (bicyclic) bond motifs is 3. The Morgan fingerprint density at radius 1 is 1.59 bits per heavy atom. The molecular weight excluding hydrogens is 288 g/mol. The first-order chi connectivity index (χ1) is 8.16. The Balaban J connectivity index is 2.23. The molecular formula is C11H9BrN2O3. The lowest BCUT2D eigenvalue weighted by molar-refractivity contribution is 0.0660. The maximum atomic E-state index is 10.9. The molecule has 0 saturated heterocycles. The molecule has 2 aromatic rings. The third kappa shape index (κ3) is 1.59. The highest BCUT2D eigenvalue weighted by Gasteiger charge is 2.24. The Hall–Kier alpha value is -1.56. The van der Waals surface area contributed by atoms with E-state index in [1.165, 1.54) is 0 Å². The van der Waals surface area contributed by atoms with Gasteiger partial charge in [0.15, 0.2) is 0 Å². The molecule has 0 bridgehead atoms. The number of hydrogen-bond acceptors (Lipinski definition) is 3. The van der Waals surface area contributed by atoms with Gasteiger partial charge in [0, 0.05) is 24.6 Å². The summed E-state index contributed by atoms with van der Waals surface area (Å²) in [7, 11) is 0. The summed E-state index contributed by atoms with van der Waals surface area (Å²) in [6, 6.07) is 1.57. The lowest BCUT2D eigenvalue weighted by atomic mass is 10.1. The van der Waals surface area contributed by atoms with Crippen molar-refractivity contribution in [1.82, 2.24) is 9.78 Å². The fourth-order valence-corrected chi connectivity index (χ4v) is 2.62. The molecule has 0 radical (unpaired) electrons. The summed E-state index contributed by atoms with van der Waals surface area (Å²) >= 11 is 3.43. The van der Waals surface area contributed by atoms with Gasteiger partial charge in [0.25, 0.3) is 0 Å². The molecule has 6 heteroatoms. The van der Waals surface area contributed by atoms with Crippen molar-refractivity contribution in [3.63, 3.8) is 0 Å². The fraction of sp³-hybridized carbons (Fsp3) is 0.273. The molecule has 5 nitrogen and oxygen atoms in total. The topological polar surface area (TPSA) is 68.3 Å². The van der Waals surface area contributed by atoms with Gasteiger partial charge >= 0.3 is 5.97 Å². The van der Waals surface area contributed by atoms with Crippen molar-refractivity contribution >= 4 is 21.9 Å². The number of aryl methyl sites for hydroxylation is 2. The van der Waals surface area contributed by atoms with E-state index in [-0.39, 0.29) is 5.76 Å². The Kier molecular flexibility index (Phi) is 2.32. The Labute approximate surface area is 105 Å². The van der Waals surface area contributed by atoms with Crippen LogP contribution < -0.4 is 0 Å². The number of carboxylic acid groups (broad SMARTS) is 1. The van der Waals surface area contributed by atoms with Gasteiger partial charge in [-0.15, -0.1) is 0 Å². The number of aromatic carboxylic acids is 1. The molecule has 1 aliphatic rings. The molecule has 0 unspecified atom stereocenters. The van der Waals surface area contributed by atoms with E-state index in [2.05, 4.69) is 21.0 Å². The zero-order chi connectivity index (χ0) is 12.0.